The number of rotatable bonds is 10. The van der Waals surface area contributed by atoms with Crippen molar-refractivity contribution in [3.05, 3.63) is 91.0 Å². The first-order chi connectivity index (χ1) is 14.4. The van der Waals surface area contributed by atoms with Gasteiger partial charge < -0.3 is 0 Å². The van der Waals surface area contributed by atoms with Crippen LogP contribution in [0.3, 0.4) is 0 Å². The summed E-state index contributed by atoms with van der Waals surface area (Å²) in [6, 6.07) is 32.3. The standard InChI is InChI=1S/C18H15P.C9H19Br/c1-4-10-16(11-5-1)19(17-12-6-2-7-13-17)18-14-8-3-9-15-18;1-2-3-4-5-6-7-8-9-10/h1-15H;2-9H2,1H3. The zero-order valence-electron chi connectivity index (χ0n) is 17.6. The molecule has 0 nitrogen and oxygen atoms in total. The summed E-state index contributed by atoms with van der Waals surface area (Å²) >= 11 is 3.43. The van der Waals surface area contributed by atoms with Crippen LogP contribution in [0, 0.1) is 0 Å². The second kappa shape index (κ2) is 15.4. The van der Waals surface area contributed by atoms with Crippen LogP contribution >= 0.6 is 23.9 Å². The van der Waals surface area contributed by atoms with Crippen molar-refractivity contribution in [2.24, 2.45) is 0 Å². The SMILES string of the molecule is CCCCCCCCCBr.c1ccc(P(c2ccccc2)c2ccccc2)cc1. The molecule has 0 bridgehead atoms. The van der Waals surface area contributed by atoms with E-state index in [4.69, 9.17) is 0 Å². The molecule has 0 amide bonds. The van der Waals surface area contributed by atoms with E-state index in [1.165, 1.54) is 66.2 Å². The third-order valence-electron chi connectivity index (χ3n) is 4.78. The Labute approximate surface area is 187 Å². The van der Waals surface area contributed by atoms with Crippen molar-refractivity contribution in [3.8, 4) is 0 Å². The molecule has 0 atom stereocenters. The lowest BCUT2D eigenvalue weighted by Gasteiger charge is -2.18. The molecule has 0 spiro atoms. The summed E-state index contributed by atoms with van der Waals surface area (Å²) in [5.74, 6) is 0. The average molecular weight is 469 g/mol. The van der Waals surface area contributed by atoms with Crippen molar-refractivity contribution in [2.45, 2.75) is 51.9 Å². The minimum Gasteiger partial charge on any atom is -0.0928 e. The van der Waals surface area contributed by atoms with Gasteiger partial charge in [0.25, 0.3) is 0 Å². The normalized spacial score (nSPS) is 10.4. The van der Waals surface area contributed by atoms with Crippen LogP contribution < -0.4 is 15.9 Å². The molecule has 0 heterocycles. The lowest BCUT2D eigenvalue weighted by molar-refractivity contribution is 0.604. The highest BCUT2D eigenvalue weighted by Gasteiger charge is 2.14. The van der Waals surface area contributed by atoms with E-state index < -0.39 is 7.92 Å². The topological polar surface area (TPSA) is 0 Å². The maximum absolute atomic E-state index is 3.43. The molecule has 154 valence electrons. The zero-order chi connectivity index (χ0) is 20.6. The lowest BCUT2D eigenvalue weighted by Crippen LogP contribution is -2.20. The van der Waals surface area contributed by atoms with Crippen molar-refractivity contribution >= 4 is 39.8 Å². The first-order valence-electron chi connectivity index (χ1n) is 10.9. The Bertz CT molecular complexity index is 641. The number of hydrogen-bond donors (Lipinski definition) is 0. The van der Waals surface area contributed by atoms with Crippen molar-refractivity contribution in [1.29, 1.82) is 0 Å². The maximum atomic E-state index is 3.43. The lowest BCUT2D eigenvalue weighted by atomic mass is 10.1. The molecule has 3 aromatic rings. The minimum atomic E-state index is -0.446. The fourth-order valence-electron chi connectivity index (χ4n) is 3.23. The molecule has 0 aliphatic rings. The molecular weight excluding hydrogens is 435 g/mol. The smallest absolute Gasteiger partial charge is 0.00313 e. The number of halogens is 1. The van der Waals surface area contributed by atoms with Crippen LogP contribution in [0.5, 0.6) is 0 Å². The molecule has 0 aliphatic heterocycles. The highest BCUT2D eigenvalue weighted by Crippen LogP contribution is 2.32. The minimum absolute atomic E-state index is 0.446. The Morgan fingerprint density at radius 3 is 1.21 bits per heavy atom. The summed E-state index contributed by atoms with van der Waals surface area (Å²) in [7, 11) is -0.446. The highest BCUT2D eigenvalue weighted by atomic mass is 79.9. The van der Waals surface area contributed by atoms with Gasteiger partial charge in [0.15, 0.2) is 0 Å². The molecule has 0 unspecified atom stereocenters. The van der Waals surface area contributed by atoms with Gasteiger partial charge in [-0.15, -0.1) is 0 Å². The molecule has 0 fully saturated rings. The van der Waals surface area contributed by atoms with E-state index in [1.807, 2.05) is 0 Å². The number of benzene rings is 3. The molecule has 0 N–H and O–H groups in total. The summed E-state index contributed by atoms with van der Waals surface area (Å²) in [6.45, 7) is 2.26. The molecule has 3 rings (SSSR count). The van der Waals surface area contributed by atoms with Crippen LogP contribution in [0.4, 0.5) is 0 Å². The van der Waals surface area contributed by atoms with E-state index in [2.05, 4.69) is 114 Å². The van der Waals surface area contributed by atoms with Gasteiger partial charge in [-0.3, -0.25) is 0 Å². The molecule has 0 radical (unpaired) electrons. The zero-order valence-corrected chi connectivity index (χ0v) is 20.1. The Hall–Kier alpha value is -1.43. The van der Waals surface area contributed by atoms with Crippen molar-refractivity contribution in [1.82, 2.24) is 0 Å². The van der Waals surface area contributed by atoms with Gasteiger partial charge in [-0.25, -0.2) is 0 Å². The maximum Gasteiger partial charge on any atom is 0.00313 e. The van der Waals surface area contributed by atoms with Crippen molar-refractivity contribution in [2.75, 3.05) is 5.33 Å². The van der Waals surface area contributed by atoms with E-state index in [-0.39, 0.29) is 0 Å². The van der Waals surface area contributed by atoms with E-state index in [0.29, 0.717) is 0 Å². The highest BCUT2D eigenvalue weighted by molar-refractivity contribution is 9.09. The van der Waals surface area contributed by atoms with E-state index in [0.717, 1.165) is 0 Å². The van der Waals surface area contributed by atoms with Crippen LogP contribution in [-0.2, 0) is 0 Å². The van der Waals surface area contributed by atoms with Gasteiger partial charge in [-0.05, 0) is 30.3 Å². The molecule has 0 aliphatic carbocycles. The van der Waals surface area contributed by atoms with Gasteiger partial charge in [-0.1, -0.05) is 152 Å². The summed E-state index contributed by atoms with van der Waals surface area (Å²) in [5, 5.41) is 5.38. The van der Waals surface area contributed by atoms with E-state index >= 15 is 0 Å². The van der Waals surface area contributed by atoms with Crippen LogP contribution in [0.25, 0.3) is 0 Å². The first-order valence-corrected chi connectivity index (χ1v) is 13.3. The number of alkyl halides is 1. The van der Waals surface area contributed by atoms with Gasteiger partial charge >= 0.3 is 0 Å². The number of unbranched alkanes of at least 4 members (excludes halogenated alkanes) is 6. The molecular formula is C27H34BrP. The Morgan fingerprint density at radius 2 is 0.862 bits per heavy atom. The van der Waals surface area contributed by atoms with Crippen LogP contribution in [0.1, 0.15) is 51.9 Å². The molecule has 0 saturated carbocycles. The first kappa shape index (κ1) is 23.8. The van der Waals surface area contributed by atoms with E-state index in [9.17, 15) is 0 Å². The largest absolute Gasteiger partial charge is 0.0928 e. The Morgan fingerprint density at radius 1 is 0.517 bits per heavy atom. The van der Waals surface area contributed by atoms with Gasteiger partial charge in [-0.2, -0.15) is 0 Å². The summed E-state index contributed by atoms with van der Waals surface area (Å²) in [4.78, 5) is 0. The third-order valence-corrected chi connectivity index (χ3v) is 7.78. The second-order valence-corrected chi connectivity index (χ2v) is 10.2. The Balaban J connectivity index is 0.000000257. The Kier molecular flexibility index (Phi) is 12.7. The van der Waals surface area contributed by atoms with E-state index in [1.54, 1.807) is 0 Å². The van der Waals surface area contributed by atoms with Crippen molar-refractivity contribution in [3.63, 3.8) is 0 Å². The fourth-order valence-corrected chi connectivity index (χ4v) is 5.93. The van der Waals surface area contributed by atoms with Crippen LogP contribution in [-0.4, -0.2) is 5.33 Å². The predicted octanol–water partition coefficient (Wildman–Crippen LogP) is 7.58. The fraction of sp³-hybridized carbons (Fsp3) is 0.333. The molecule has 29 heavy (non-hydrogen) atoms. The monoisotopic (exact) mass is 468 g/mol. The van der Waals surface area contributed by atoms with Gasteiger partial charge in [0.1, 0.15) is 0 Å². The molecule has 2 heteroatoms. The third kappa shape index (κ3) is 9.28. The summed E-state index contributed by atoms with van der Waals surface area (Å²) in [6.07, 6.45) is 9.87. The quantitative estimate of drug-likeness (QED) is 0.163. The van der Waals surface area contributed by atoms with Gasteiger partial charge in [0, 0.05) is 5.33 Å². The van der Waals surface area contributed by atoms with Crippen molar-refractivity contribution < 1.29 is 0 Å². The summed E-state index contributed by atoms with van der Waals surface area (Å²) in [5.41, 5.74) is 0. The predicted molar refractivity (Wildman–Crippen MR) is 137 cm³/mol. The van der Waals surface area contributed by atoms with Crippen LogP contribution in [0.2, 0.25) is 0 Å². The molecule has 3 aromatic carbocycles. The van der Waals surface area contributed by atoms with Crippen LogP contribution in [0.15, 0.2) is 91.0 Å². The summed E-state index contributed by atoms with van der Waals surface area (Å²) < 4.78 is 0. The van der Waals surface area contributed by atoms with Gasteiger partial charge in [0.2, 0.25) is 0 Å². The number of hydrogen-bond acceptors (Lipinski definition) is 0. The molecule has 0 aromatic heterocycles. The average Bonchev–Trinajstić information content (AvgIpc) is 2.79. The molecule has 0 saturated heterocycles. The van der Waals surface area contributed by atoms with Gasteiger partial charge in [0.05, 0.1) is 0 Å². The second-order valence-electron chi connectivity index (χ2n) is 7.15.